The molecule has 0 N–H and O–H groups in total. The van der Waals surface area contributed by atoms with Crippen LogP contribution in [-0.4, -0.2) is 24.4 Å². The van der Waals surface area contributed by atoms with Crippen molar-refractivity contribution >= 4 is 5.57 Å². The van der Waals surface area contributed by atoms with Gasteiger partial charge in [-0.2, -0.15) is 0 Å². The SMILES string of the molecule is CCOc1cc(OCc2ccccc2)ccc1C1=CC2=C(OC1)C1=CC(C)(C=C2)OC(C)(C)C=C1. The Morgan fingerprint density at radius 1 is 0.943 bits per heavy atom. The summed E-state index contributed by atoms with van der Waals surface area (Å²) in [4.78, 5) is 0. The Balaban J connectivity index is 1.45. The van der Waals surface area contributed by atoms with Crippen molar-refractivity contribution in [2.45, 2.75) is 45.5 Å². The lowest BCUT2D eigenvalue weighted by molar-refractivity contribution is -0.0508. The molecule has 2 aromatic rings. The van der Waals surface area contributed by atoms with Crippen LogP contribution in [0.2, 0.25) is 0 Å². The van der Waals surface area contributed by atoms with Crippen LogP contribution in [0.15, 0.2) is 102 Å². The highest BCUT2D eigenvalue weighted by molar-refractivity contribution is 5.77. The molecule has 1 unspecified atom stereocenters. The lowest BCUT2D eigenvalue weighted by atomic mass is 9.97. The molecule has 0 spiro atoms. The summed E-state index contributed by atoms with van der Waals surface area (Å²) in [5.74, 6) is 2.45. The van der Waals surface area contributed by atoms with E-state index in [1.165, 1.54) is 0 Å². The summed E-state index contributed by atoms with van der Waals surface area (Å²) in [5.41, 5.74) is 4.41. The van der Waals surface area contributed by atoms with Crippen molar-refractivity contribution in [1.29, 1.82) is 0 Å². The quantitative estimate of drug-likeness (QED) is 0.460. The Morgan fingerprint density at radius 2 is 1.77 bits per heavy atom. The third kappa shape index (κ3) is 5.13. The van der Waals surface area contributed by atoms with E-state index in [0.29, 0.717) is 19.8 Å². The fourth-order valence-electron chi connectivity index (χ4n) is 4.69. The maximum atomic E-state index is 6.39. The van der Waals surface area contributed by atoms with Gasteiger partial charge in [-0.25, -0.2) is 0 Å². The first-order valence-electron chi connectivity index (χ1n) is 12.2. The summed E-state index contributed by atoms with van der Waals surface area (Å²) in [6.45, 7) is 9.77. The molecule has 35 heavy (non-hydrogen) atoms. The molecule has 1 atom stereocenters. The lowest BCUT2D eigenvalue weighted by Crippen LogP contribution is -2.34. The van der Waals surface area contributed by atoms with Crippen molar-refractivity contribution < 1.29 is 18.9 Å². The molecule has 5 rings (SSSR count). The van der Waals surface area contributed by atoms with Crippen LogP contribution < -0.4 is 9.47 Å². The molecule has 0 saturated carbocycles. The average molecular weight is 469 g/mol. The van der Waals surface area contributed by atoms with E-state index < -0.39 is 5.60 Å². The normalized spacial score (nSPS) is 22.3. The van der Waals surface area contributed by atoms with Crippen LogP contribution in [0.4, 0.5) is 0 Å². The molecular weight excluding hydrogens is 436 g/mol. The molecule has 1 aliphatic carbocycles. The second kappa shape index (κ2) is 9.27. The zero-order valence-electron chi connectivity index (χ0n) is 20.8. The Morgan fingerprint density at radius 3 is 2.57 bits per heavy atom. The number of hydrogen-bond acceptors (Lipinski definition) is 4. The van der Waals surface area contributed by atoms with Gasteiger partial charge >= 0.3 is 0 Å². The molecule has 2 heterocycles. The van der Waals surface area contributed by atoms with E-state index in [2.05, 4.69) is 75.4 Å². The van der Waals surface area contributed by atoms with Gasteiger partial charge in [0.25, 0.3) is 0 Å². The third-order valence-corrected chi connectivity index (χ3v) is 6.26. The molecule has 2 bridgehead atoms. The van der Waals surface area contributed by atoms with Crippen molar-refractivity contribution in [2.75, 3.05) is 13.2 Å². The first-order valence-corrected chi connectivity index (χ1v) is 12.2. The van der Waals surface area contributed by atoms with Crippen molar-refractivity contribution in [3.05, 3.63) is 113 Å². The molecule has 180 valence electrons. The van der Waals surface area contributed by atoms with Crippen LogP contribution in [0.5, 0.6) is 11.5 Å². The molecule has 2 aromatic carbocycles. The molecule has 3 aliphatic rings. The number of allylic oxidation sites excluding steroid dienone is 4. The van der Waals surface area contributed by atoms with Gasteiger partial charge in [0.15, 0.2) is 0 Å². The smallest absolute Gasteiger partial charge is 0.134 e. The Kier molecular flexibility index (Phi) is 6.16. The van der Waals surface area contributed by atoms with E-state index in [-0.39, 0.29) is 5.60 Å². The molecular formula is C31H32O4. The van der Waals surface area contributed by atoms with Crippen molar-refractivity contribution in [1.82, 2.24) is 0 Å². The molecule has 0 amide bonds. The lowest BCUT2D eigenvalue weighted by Gasteiger charge is -2.31. The fraction of sp³-hybridized carbons (Fsp3) is 0.290. The van der Waals surface area contributed by atoms with Crippen molar-refractivity contribution in [2.24, 2.45) is 0 Å². The zero-order valence-corrected chi connectivity index (χ0v) is 20.8. The molecule has 0 radical (unpaired) electrons. The van der Waals surface area contributed by atoms with E-state index in [0.717, 1.165) is 45.1 Å². The average Bonchev–Trinajstić information content (AvgIpc) is 3.06. The summed E-state index contributed by atoms with van der Waals surface area (Å²) in [6.07, 6.45) is 12.7. The standard InChI is InChI=1S/C31H32O4/c1-5-32-28-18-26(33-20-22-9-7-6-8-10-22)11-12-27(28)25-17-23-14-16-31(4)19-24(29(23)34-21-25)13-15-30(2,3)35-31/h6-19H,5,20-21H2,1-4H3. The highest BCUT2D eigenvalue weighted by atomic mass is 16.5. The van der Waals surface area contributed by atoms with Crippen LogP contribution in [0.3, 0.4) is 0 Å². The maximum Gasteiger partial charge on any atom is 0.134 e. The van der Waals surface area contributed by atoms with E-state index >= 15 is 0 Å². The number of fused-ring (bicyclic) bond motifs is 2. The number of benzene rings is 2. The van der Waals surface area contributed by atoms with Gasteiger partial charge in [-0.05, 0) is 63.6 Å². The number of hydrogen-bond donors (Lipinski definition) is 0. The molecule has 4 nitrogen and oxygen atoms in total. The molecule has 0 aromatic heterocycles. The second-order valence-corrected chi connectivity index (χ2v) is 9.76. The molecule has 0 fully saturated rings. The highest BCUT2D eigenvalue weighted by Crippen LogP contribution is 2.40. The molecule has 2 aliphatic heterocycles. The number of rotatable bonds is 6. The van der Waals surface area contributed by atoms with E-state index in [1.54, 1.807) is 0 Å². The minimum absolute atomic E-state index is 0.359. The van der Waals surface area contributed by atoms with Gasteiger partial charge in [-0.15, -0.1) is 0 Å². The zero-order chi connectivity index (χ0) is 24.5. The van der Waals surface area contributed by atoms with Gasteiger partial charge in [-0.3, -0.25) is 0 Å². The van der Waals surface area contributed by atoms with E-state index in [9.17, 15) is 0 Å². The second-order valence-electron chi connectivity index (χ2n) is 9.76. The topological polar surface area (TPSA) is 36.9 Å². The van der Waals surface area contributed by atoms with Gasteiger partial charge in [0.1, 0.15) is 36.1 Å². The summed E-state index contributed by atoms with van der Waals surface area (Å²) in [5, 5.41) is 0. The van der Waals surface area contributed by atoms with Gasteiger partial charge < -0.3 is 18.9 Å². The van der Waals surface area contributed by atoms with Crippen LogP contribution in [0, 0.1) is 0 Å². The summed E-state index contributed by atoms with van der Waals surface area (Å²) < 4.78 is 24.8. The largest absolute Gasteiger partial charge is 0.493 e. The minimum Gasteiger partial charge on any atom is -0.493 e. The molecule has 0 saturated heterocycles. The van der Waals surface area contributed by atoms with Gasteiger partial charge in [-0.1, -0.05) is 48.6 Å². The summed E-state index contributed by atoms with van der Waals surface area (Å²) >= 11 is 0. The van der Waals surface area contributed by atoms with Crippen molar-refractivity contribution in [3.8, 4) is 11.5 Å². The first kappa shape index (κ1) is 23.3. The third-order valence-electron chi connectivity index (χ3n) is 6.26. The molecule has 4 heteroatoms. The maximum absolute atomic E-state index is 6.39. The van der Waals surface area contributed by atoms with Gasteiger partial charge in [0, 0.05) is 28.3 Å². The summed E-state index contributed by atoms with van der Waals surface area (Å²) in [7, 11) is 0. The van der Waals surface area contributed by atoms with Crippen LogP contribution >= 0.6 is 0 Å². The van der Waals surface area contributed by atoms with Crippen LogP contribution in [-0.2, 0) is 16.1 Å². The van der Waals surface area contributed by atoms with Crippen LogP contribution in [0.1, 0.15) is 38.8 Å². The fourth-order valence-corrected chi connectivity index (χ4v) is 4.69. The monoisotopic (exact) mass is 468 g/mol. The Hall–Kier alpha value is -3.50. The number of ether oxygens (including phenoxy) is 4. The Bertz CT molecular complexity index is 1260. The highest BCUT2D eigenvalue weighted by Gasteiger charge is 2.34. The van der Waals surface area contributed by atoms with E-state index in [4.69, 9.17) is 18.9 Å². The summed E-state index contributed by atoms with van der Waals surface area (Å²) in [6, 6.07) is 16.2. The van der Waals surface area contributed by atoms with Crippen molar-refractivity contribution in [3.63, 3.8) is 0 Å². The first-order chi connectivity index (χ1) is 16.8. The predicted molar refractivity (Wildman–Crippen MR) is 139 cm³/mol. The van der Waals surface area contributed by atoms with Crippen LogP contribution in [0.25, 0.3) is 5.57 Å². The Labute approximate surface area is 207 Å². The predicted octanol–water partition coefficient (Wildman–Crippen LogP) is 6.95. The van der Waals surface area contributed by atoms with E-state index in [1.807, 2.05) is 37.3 Å². The van der Waals surface area contributed by atoms with Gasteiger partial charge in [0.2, 0.25) is 0 Å². The minimum atomic E-state index is -0.509. The van der Waals surface area contributed by atoms with Gasteiger partial charge in [0.05, 0.1) is 12.2 Å².